The van der Waals surface area contributed by atoms with Crippen LogP contribution in [0.2, 0.25) is 0 Å². The maximum absolute atomic E-state index is 12.3. The molecule has 1 N–H and O–H groups in total. The molecule has 2 rings (SSSR count). The fourth-order valence-corrected chi connectivity index (χ4v) is 2.84. The van der Waals surface area contributed by atoms with Gasteiger partial charge in [-0.15, -0.1) is 0 Å². The molecule has 2 aromatic rings. The van der Waals surface area contributed by atoms with Gasteiger partial charge < -0.3 is 19.5 Å². The van der Waals surface area contributed by atoms with E-state index in [2.05, 4.69) is 12.2 Å². The molecule has 0 fully saturated rings. The van der Waals surface area contributed by atoms with Crippen LogP contribution in [0.5, 0.6) is 11.5 Å². The van der Waals surface area contributed by atoms with E-state index in [9.17, 15) is 9.59 Å². The Balaban J connectivity index is 2.00. The standard InChI is InChI=1S/C24H29NO5/c1-4-5-6-9-16-30-21-14-12-18(17-22(21)28-2)13-15-23(26)25-20-11-8-7-10-19(20)24(27)29-3/h7-8,10-15,17H,4-6,9,16H2,1-3H3,(H,25,26). The monoisotopic (exact) mass is 411 g/mol. The van der Waals surface area contributed by atoms with Crippen LogP contribution >= 0.6 is 0 Å². The van der Waals surface area contributed by atoms with Crippen molar-refractivity contribution >= 4 is 23.6 Å². The van der Waals surface area contributed by atoms with Crippen LogP contribution in [0.15, 0.2) is 48.5 Å². The molecule has 0 saturated heterocycles. The van der Waals surface area contributed by atoms with Crippen molar-refractivity contribution in [3.63, 3.8) is 0 Å². The van der Waals surface area contributed by atoms with Gasteiger partial charge in [0.25, 0.3) is 0 Å². The van der Waals surface area contributed by atoms with Crippen molar-refractivity contribution in [3.05, 3.63) is 59.7 Å². The molecule has 6 heteroatoms. The Bertz CT molecular complexity index is 876. The lowest BCUT2D eigenvalue weighted by Crippen LogP contribution is -2.12. The van der Waals surface area contributed by atoms with E-state index in [1.54, 1.807) is 37.5 Å². The zero-order chi connectivity index (χ0) is 21.8. The van der Waals surface area contributed by atoms with Crippen molar-refractivity contribution in [2.75, 3.05) is 26.1 Å². The number of benzene rings is 2. The van der Waals surface area contributed by atoms with E-state index >= 15 is 0 Å². The first kappa shape index (κ1) is 23.0. The molecule has 0 saturated carbocycles. The third kappa shape index (κ3) is 6.95. The van der Waals surface area contributed by atoms with Crippen molar-refractivity contribution < 1.29 is 23.8 Å². The third-order valence-electron chi connectivity index (χ3n) is 4.46. The first-order valence-electron chi connectivity index (χ1n) is 10.1. The van der Waals surface area contributed by atoms with Crippen LogP contribution in [-0.4, -0.2) is 32.7 Å². The molecule has 1 amide bonds. The highest BCUT2D eigenvalue weighted by molar-refractivity contribution is 6.06. The highest BCUT2D eigenvalue weighted by Gasteiger charge is 2.12. The third-order valence-corrected chi connectivity index (χ3v) is 4.46. The summed E-state index contributed by atoms with van der Waals surface area (Å²) < 4.78 is 16.0. The summed E-state index contributed by atoms with van der Waals surface area (Å²) in [6.07, 6.45) is 7.61. The topological polar surface area (TPSA) is 73.9 Å². The van der Waals surface area contributed by atoms with Crippen molar-refractivity contribution in [1.82, 2.24) is 0 Å². The van der Waals surface area contributed by atoms with Gasteiger partial charge in [0, 0.05) is 6.08 Å². The Morgan fingerprint density at radius 2 is 1.80 bits per heavy atom. The Morgan fingerprint density at radius 1 is 1.00 bits per heavy atom. The van der Waals surface area contributed by atoms with Crippen LogP contribution < -0.4 is 14.8 Å². The lowest BCUT2D eigenvalue weighted by Gasteiger charge is -2.11. The van der Waals surface area contributed by atoms with Crippen molar-refractivity contribution in [1.29, 1.82) is 0 Å². The number of nitrogens with one attached hydrogen (secondary N) is 1. The second kappa shape index (κ2) is 12.3. The second-order valence-corrected chi connectivity index (χ2v) is 6.68. The number of carbonyl (C=O) groups excluding carboxylic acids is 2. The van der Waals surface area contributed by atoms with Gasteiger partial charge in [-0.3, -0.25) is 4.79 Å². The molecule has 0 aliphatic rings. The van der Waals surface area contributed by atoms with E-state index in [0.717, 1.165) is 18.4 Å². The molecule has 160 valence electrons. The van der Waals surface area contributed by atoms with Crippen LogP contribution in [0, 0.1) is 0 Å². The molecule has 30 heavy (non-hydrogen) atoms. The summed E-state index contributed by atoms with van der Waals surface area (Å²) in [6.45, 7) is 2.82. The summed E-state index contributed by atoms with van der Waals surface area (Å²) in [5.41, 5.74) is 1.48. The summed E-state index contributed by atoms with van der Waals surface area (Å²) in [7, 11) is 2.88. The van der Waals surface area contributed by atoms with Gasteiger partial charge in [-0.1, -0.05) is 44.4 Å². The molecule has 0 aliphatic carbocycles. The van der Waals surface area contributed by atoms with Gasteiger partial charge in [0.15, 0.2) is 11.5 Å². The number of hydrogen-bond acceptors (Lipinski definition) is 5. The molecule has 0 bridgehead atoms. The largest absolute Gasteiger partial charge is 0.493 e. The molecular formula is C24H29NO5. The average molecular weight is 411 g/mol. The van der Waals surface area contributed by atoms with Crippen molar-refractivity contribution in [3.8, 4) is 11.5 Å². The molecule has 0 atom stereocenters. The SMILES string of the molecule is CCCCCCOc1ccc(C=CC(=O)Nc2ccccc2C(=O)OC)cc1OC. The highest BCUT2D eigenvalue weighted by atomic mass is 16.5. The number of unbranched alkanes of at least 4 members (excludes halogenated alkanes) is 3. The predicted molar refractivity (Wildman–Crippen MR) is 118 cm³/mol. The highest BCUT2D eigenvalue weighted by Crippen LogP contribution is 2.29. The van der Waals surface area contributed by atoms with Crippen LogP contribution in [-0.2, 0) is 9.53 Å². The minimum absolute atomic E-state index is 0.295. The molecule has 2 aromatic carbocycles. The minimum Gasteiger partial charge on any atom is -0.493 e. The molecule has 0 radical (unpaired) electrons. The van der Waals surface area contributed by atoms with E-state index in [1.165, 1.54) is 26.0 Å². The number of amides is 1. The summed E-state index contributed by atoms with van der Waals surface area (Å²) in [4.78, 5) is 24.1. The average Bonchev–Trinajstić information content (AvgIpc) is 2.77. The number of methoxy groups -OCH3 is 2. The predicted octanol–water partition coefficient (Wildman–Crippen LogP) is 5.09. The fourth-order valence-electron chi connectivity index (χ4n) is 2.84. The van der Waals surface area contributed by atoms with E-state index in [-0.39, 0.29) is 5.91 Å². The van der Waals surface area contributed by atoms with Gasteiger partial charge in [-0.25, -0.2) is 4.79 Å². The van der Waals surface area contributed by atoms with E-state index in [0.29, 0.717) is 29.4 Å². The second-order valence-electron chi connectivity index (χ2n) is 6.68. The number of ether oxygens (including phenoxy) is 3. The molecule has 0 spiro atoms. The number of para-hydroxylation sites is 1. The van der Waals surface area contributed by atoms with Gasteiger partial charge in [0.1, 0.15) is 0 Å². The van der Waals surface area contributed by atoms with Crippen molar-refractivity contribution in [2.24, 2.45) is 0 Å². The van der Waals surface area contributed by atoms with Crippen molar-refractivity contribution in [2.45, 2.75) is 32.6 Å². The lowest BCUT2D eigenvalue weighted by molar-refractivity contribution is -0.111. The maximum atomic E-state index is 12.3. The van der Waals surface area contributed by atoms with Gasteiger partial charge in [-0.05, 0) is 42.3 Å². The molecular weight excluding hydrogens is 382 g/mol. The van der Waals surface area contributed by atoms with Crippen LogP contribution in [0.3, 0.4) is 0 Å². The van der Waals surface area contributed by atoms with Crippen LogP contribution in [0.4, 0.5) is 5.69 Å². The Labute approximate surface area is 177 Å². The number of anilines is 1. The Kier molecular flexibility index (Phi) is 9.45. The lowest BCUT2D eigenvalue weighted by atomic mass is 10.1. The van der Waals surface area contributed by atoms with E-state index in [4.69, 9.17) is 14.2 Å². The summed E-state index contributed by atoms with van der Waals surface area (Å²) >= 11 is 0. The smallest absolute Gasteiger partial charge is 0.339 e. The Hall–Kier alpha value is -3.28. The van der Waals surface area contributed by atoms with Gasteiger partial charge >= 0.3 is 5.97 Å². The molecule has 0 aliphatic heterocycles. The number of rotatable bonds is 11. The zero-order valence-corrected chi connectivity index (χ0v) is 17.8. The summed E-state index contributed by atoms with van der Waals surface area (Å²) in [6, 6.07) is 12.2. The molecule has 0 heterocycles. The van der Waals surface area contributed by atoms with Crippen LogP contribution in [0.1, 0.15) is 48.5 Å². The zero-order valence-electron chi connectivity index (χ0n) is 17.8. The summed E-state index contributed by atoms with van der Waals surface area (Å²) in [5, 5.41) is 2.70. The first-order valence-corrected chi connectivity index (χ1v) is 10.1. The fraction of sp³-hybridized carbons (Fsp3) is 0.333. The first-order chi connectivity index (χ1) is 14.6. The van der Waals surface area contributed by atoms with Gasteiger partial charge in [0.05, 0.1) is 32.1 Å². The summed E-state index contributed by atoms with van der Waals surface area (Å²) in [5.74, 6) is 0.429. The molecule has 0 aromatic heterocycles. The van der Waals surface area contributed by atoms with Gasteiger partial charge in [-0.2, -0.15) is 0 Å². The maximum Gasteiger partial charge on any atom is 0.339 e. The van der Waals surface area contributed by atoms with Crippen LogP contribution in [0.25, 0.3) is 6.08 Å². The molecule has 6 nitrogen and oxygen atoms in total. The minimum atomic E-state index is -0.509. The quantitative estimate of drug-likeness (QED) is 0.317. The van der Waals surface area contributed by atoms with E-state index < -0.39 is 5.97 Å². The number of hydrogen-bond donors (Lipinski definition) is 1. The molecule has 0 unspecified atom stereocenters. The number of carbonyl (C=O) groups is 2. The normalized spacial score (nSPS) is 10.6. The van der Waals surface area contributed by atoms with E-state index in [1.807, 2.05) is 18.2 Å². The Morgan fingerprint density at radius 3 is 2.53 bits per heavy atom. The van der Waals surface area contributed by atoms with Gasteiger partial charge in [0.2, 0.25) is 5.91 Å². The number of esters is 1.